The number of benzene rings is 8. The van der Waals surface area contributed by atoms with Crippen LogP contribution >= 0.6 is 11.3 Å². The van der Waals surface area contributed by atoms with E-state index in [0.717, 1.165) is 5.69 Å². The fraction of sp³-hybridized carbons (Fsp3) is 0. The van der Waals surface area contributed by atoms with Gasteiger partial charge in [0.15, 0.2) is 0 Å². The van der Waals surface area contributed by atoms with Gasteiger partial charge in [-0.15, -0.1) is 11.3 Å². The van der Waals surface area contributed by atoms with Crippen LogP contribution in [0.25, 0.3) is 97.4 Å². The first-order valence-corrected chi connectivity index (χ1v) is 18.2. The first kappa shape index (κ1) is 28.4. The quantitative estimate of drug-likeness (QED) is 0.177. The Labute approximate surface area is 298 Å². The van der Waals surface area contributed by atoms with Gasteiger partial charge in [-0.25, -0.2) is 0 Å². The van der Waals surface area contributed by atoms with Crippen molar-refractivity contribution in [2.75, 3.05) is 0 Å². The molecule has 3 heterocycles. The van der Waals surface area contributed by atoms with Gasteiger partial charge in [0, 0.05) is 53.1 Å². The number of para-hydroxylation sites is 3. The van der Waals surface area contributed by atoms with Crippen molar-refractivity contribution in [1.82, 2.24) is 9.13 Å². The lowest BCUT2D eigenvalue weighted by Crippen LogP contribution is -1.94. The van der Waals surface area contributed by atoms with E-state index in [1.807, 2.05) is 11.3 Å². The van der Waals surface area contributed by atoms with Crippen LogP contribution in [-0.4, -0.2) is 9.13 Å². The Bertz CT molecular complexity index is 3120. The van der Waals surface area contributed by atoms with E-state index in [2.05, 4.69) is 191 Å². The van der Waals surface area contributed by atoms with Crippen LogP contribution in [0, 0.1) is 0 Å². The summed E-state index contributed by atoms with van der Waals surface area (Å²) in [6, 6.07) is 66.7. The van der Waals surface area contributed by atoms with Gasteiger partial charge in [-0.1, -0.05) is 109 Å². The van der Waals surface area contributed by atoms with E-state index in [0.29, 0.717) is 0 Å². The van der Waals surface area contributed by atoms with Crippen LogP contribution < -0.4 is 0 Å². The fourth-order valence-corrected chi connectivity index (χ4v) is 9.29. The molecule has 0 bridgehead atoms. The molecule has 51 heavy (non-hydrogen) atoms. The van der Waals surface area contributed by atoms with Crippen LogP contribution in [0.4, 0.5) is 0 Å². The van der Waals surface area contributed by atoms with Gasteiger partial charge in [0.05, 0.1) is 22.1 Å². The maximum Gasteiger partial charge on any atom is 0.0541 e. The molecule has 0 aliphatic heterocycles. The molecule has 0 aliphatic carbocycles. The number of rotatable bonds is 4. The average Bonchev–Trinajstić information content (AvgIpc) is 3.85. The highest BCUT2D eigenvalue weighted by Crippen LogP contribution is 2.39. The van der Waals surface area contributed by atoms with Gasteiger partial charge in [-0.05, 0) is 95.1 Å². The number of nitrogens with zero attached hydrogens (tertiary/aromatic N) is 2. The minimum Gasteiger partial charge on any atom is -0.309 e. The predicted octanol–water partition coefficient (Wildman–Crippen LogP) is 13.6. The van der Waals surface area contributed by atoms with Gasteiger partial charge in [0.2, 0.25) is 0 Å². The predicted molar refractivity (Wildman–Crippen MR) is 219 cm³/mol. The van der Waals surface area contributed by atoms with Gasteiger partial charge in [0.1, 0.15) is 0 Å². The molecule has 0 amide bonds. The number of thiophene rings is 1. The molecule has 0 spiro atoms. The van der Waals surface area contributed by atoms with Crippen molar-refractivity contribution in [2.45, 2.75) is 0 Å². The second-order valence-electron chi connectivity index (χ2n) is 13.4. The molecule has 11 aromatic rings. The van der Waals surface area contributed by atoms with Crippen LogP contribution in [0.15, 0.2) is 182 Å². The topological polar surface area (TPSA) is 9.86 Å². The number of fused-ring (bicyclic) bond motifs is 9. The van der Waals surface area contributed by atoms with Gasteiger partial charge in [-0.2, -0.15) is 0 Å². The molecule has 0 saturated carbocycles. The molecule has 0 N–H and O–H groups in total. The van der Waals surface area contributed by atoms with E-state index < -0.39 is 0 Å². The summed E-state index contributed by atoms with van der Waals surface area (Å²) in [5.74, 6) is 0. The van der Waals surface area contributed by atoms with Crippen LogP contribution in [0.1, 0.15) is 0 Å². The lowest BCUT2D eigenvalue weighted by molar-refractivity contribution is 1.18. The molecular formula is C48H30N2S. The zero-order chi connectivity index (χ0) is 33.5. The van der Waals surface area contributed by atoms with E-state index in [1.165, 1.54) is 91.7 Å². The molecule has 0 aliphatic rings. The zero-order valence-corrected chi connectivity index (χ0v) is 28.4. The summed E-state index contributed by atoms with van der Waals surface area (Å²) in [5, 5.41) is 7.72. The largest absolute Gasteiger partial charge is 0.309 e. The molecule has 8 aromatic carbocycles. The third-order valence-electron chi connectivity index (χ3n) is 10.5. The van der Waals surface area contributed by atoms with E-state index >= 15 is 0 Å². The van der Waals surface area contributed by atoms with Crippen molar-refractivity contribution in [3.63, 3.8) is 0 Å². The monoisotopic (exact) mass is 666 g/mol. The van der Waals surface area contributed by atoms with E-state index in [-0.39, 0.29) is 0 Å². The summed E-state index contributed by atoms with van der Waals surface area (Å²) >= 11 is 1.87. The van der Waals surface area contributed by atoms with Crippen LogP contribution in [0.5, 0.6) is 0 Å². The molecule has 0 radical (unpaired) electrons. The SMILES string of the molecule is c1ccc(-n2c3ccccc3c3cc(-c4ccc5c(c4)c4ccccc4n5-c4ccc(-c5ccc6c(c5)sc5ccccc56)cc4)ccc32)cc1. The highest BCUT2D eigenvalue weighted by atomic mass is 32.1. The van der Waals surface area contributed by atoms with Crippen molar-refractivity contribution in [2.24, 2.45) is 0 Å². The van der Waals surface area contributed by atoms with E-state index in [4.69, 9.17) is 0 Å². The van der Waals surface area contributed by atoms with Crippen molar-refractivity contribution < 1.29 is 0 Å². The van der Waals surface area contributed by atoms with Crippen molar-refractivity contribution in [1.29, 1.82) is 0 Å². The molecular weight excluding hydrogens is 637 g/mol. The molecule has 0 fully saturated rings. The molecule has 3 aromatic heterocycles. The van der Waals surface area contributed by atoms with E-state index in [1.54, 1.807) is 0 Å². The Kier molecular flexibility index (Phi) is 6.16. The summed E-state index contributed by atoms with van der Waals surface area (Å²) in [7, 11) is 0. The maximum absolute atomic E-state index is 2.41. The van der Waals surface area contributed by atoms with Gasteiger partial charge in [0.25, 0.3) is 0 Å². The third-order valence-corrected chi connectivity index (χ3v) is 11.7. The van der Waals surface area contributed by atoms with Gasteiger partial charge in [-0.3, -0.25) is 0 Å². The Morgan fingerprint density at radius 1 is 0.275 bits per heavy atom. The highest BCUT2D eigenvalue weighted by molar-refractivity contribution is 7.25. The summed E-state index contributed by atoms with van der Waals surface area (Å²) in [4.78, 5) is 0. The van der Waals surface area contributed by atoms with Gasteiger partial charge >= 0.3 is 0 Å². The number of hydrogen-bond donors (Lipinski definition) is 0. The molecule has 0 atom stereocenters. The third kappa shape index (κ3) is 4.35. The Morgan fingerprint density at radius 2 is 0.725 bits per heavy atom. The first-order valence-electron chi connectivity index (χ1n) is 17.4. The van der Waals surface area contributed by atoms with Crippen molar-refractivity contribution >= 4 is 75.1 Å². The molecule has 11 rings (SSSR count). The summed E-state index contributed by atoms with van der Waals surface area (Å²) < 4.78 is 7.45. The number of hydrogen-bond acceptors (Lipinski definition) is 1. The minimum atomic E-state index is 1.16. The molecule has 3 heteroatoms. The standard InChI is InChI=1S/C48H30N2S/c1-2-10-35(11-3-1)49-43-15-7-4-12-37(43)41-28-32(21-26-45(41)49)33-22-27-46-42(29-33)38-13-5-8-16-44(38)50(46)36-23-18-31(19-24-36)34-20-25-40-39-14-6-9-17-47(39)51-48(40)30-34/h1-30H. The Hall–Kier alpha value is -6.42. The smallest absolute Gasteiger partial charge is 0.0541 e. The lowest BCUT2D eigenvalue weighted by atomic mass is 10.0. The van der Waals surface area contributed by atoms with E-state index in [9.17, 15) is 0 Å². The number of aromatic nitrogens is 2. The average molecular weight is 667 g/mol. The second kappa shape index (κ2) is 11.0. The van der Waals surface area contributed by atoms with Crippen LogP contribution in [0.2, 0.25) is 0 Å². The molecule has 0 saturated heterocycles. The summed E-state index contributed by atoms with van der Waals surface area (Å²) in [6.07, 6.45) is 0. The minimum absolute atomic E-state index is 1.16. The lowest BCUT2D eigenvalue weighted by Gasteiger charge is -2.10. The Morgan fingerprint density at radius 3 is 1.37 bits per heavy atom. The molecule has 0 unspecified atom stereocenters. The summed E-state index contributed by atoms with van der Waals surface area (Å²) in [6.45, 7) is 0. The van der Waals surface area contributed by atoms with Crippen LogP contribution in [-0.2, 0) is 0 Å². The Balaban J connectivity index is 1.01. The highest BCUT2D eigenvalue weighted by Gasteiger charge is 2.16. The molecule has 238 valence electrons. The van der Waals surface area contributed by atoms with Crippen LogP contribution in [0.3, 0.4) is 0 Å². The first-order chi connectivity index (χ1) is 25.3. The zero-order valence-electron chi connectivity index (χ0n) is 27.6. The second-order valence-corrected chi connectivity index (χ2v) is 14.4. The molecule has 2 nitrogen and oxygen atoms in total. The normalized spacial score (nSPS) is 11.9. The summed E-state index contributed by atoms with van der Waals surface area (Å²) in [5.41, 5.74) is 12.1. The fourth-order valence-electron chi connectivity index (χ4n) is 8.15. The van der Waals surface area contributed by atoms with Crippen molar-refractivity contribution in [3.05, 3.63) is 182 Å². The maximum atomic E-state index is 2.41. The van der Waals surface area contributed by atoms with Crippen molar-refractivity contribution in [3.8, 4) is 33.6 Å². The van der Waals surface area contributed by atoms with Gasteiger partial charge < -0.3 is 9.13 Å².